The summed E-state index contributed by atoms with van der Waals surface area (Å²) in [6.07, 6.45) is 3.80. The van der Waals surface area contributed by atoms with Crippen LogP contribution in [0, 0.1) is 0 Å². The van der Waals surface area contributed by atoms with Crippen molar-refractivity contribution >= 4 is 5.91 Å². The zero-order valence-corrected chi connectivity index (χ0v) is 13.7. The predicted molar refractivity (Wildman–Crippen MR) is 87.8 cm³/mol. The van der Waals surface area contributed by atoms with E-state index in [2.05, 4.69) is 15.4 Å². The summed E-state index contributed by atoms with van der Waals surface area (Å²) in [5.41, 5.74) is 1.37. The predicted octanol–water partition coefficient (Wildman–Crippen LogP) is 1.40. The van der Waals surface area contributed by atoms with Gasteiger partial charge in [-0.25, -0.2) is 9.67 Å². The Morgan fingerprint density at radius 3 is 2.92 bits per heavy atom. The van der Waals surface area contributed by atoms with E-state index in [0.29, 0.717) is 11.8 Å². The van der Waals surface area contributed by atoms with E-state index in [1.165, 1.54) is 17.9 Å². The van der Waals surface area contributed by atoms with Crippen LogP contribution in [0.25, 0.3) is 0 Å². The fourth-order valence-corrected chi connectivity index (χ4v) is 2.50. The highest BCUT2D eigenvalue weighted by Crippen LogP contribution is 2.38. The van der Waals surface area contributed by atoms with Gasteiger partial charge in [0.05, 0.1) is 12.8 Å². The molecule has 0 saturated heterocycles. The van der Waals surface area contributed by atoms with Crippen molar-refractivity contribution in [3.63, 3.8) is 0 Å². The van der Waals surface area contributed by atoms with Crippen molar-refractivity contribution in [1.29, 1.82) is 0 Å². The molecule has 2 aromatic heterocycles. The Labute approximate surface area is 139 Å². The van der Waals surface area contributed by atoms with Gasteiger partial charge in [0.2, 0.25) is 11.8 Å². The fraction of sp³-hybridized carbons (Fsp3) is 0.412. The molecule has 3 rings (SSSR count). The van der Waals surface area contributed by atoms with Gasteiger partial charge in [0.25, 0.3) is 5.56 Å². The van der Waals surface area contributed by atoms with Gasteiger partial charge in [0.15, 0.2) is 0 Å². The van der Waals surface area contributed by atoms with E-state index in [0.717, 1.165) is 24.1 Å². The molecule has 1 N–H and O–H groups in total. The number of rotatable bonds is 6. The second-order valence-corrected chi connectivity index (χ2v) is 5.88. The maximum Gasteiger partial charge on any atom is 0.267 e. The lowest BCUT2D eigenvalue weighted by Crippen LogP contribution is -2.37. The van der Waals surface area contributed by atoms with Crippen LogP contribution in [-0.4, -0.2) is 27.8 Å². The van der Waals surface area contributed by atoms with Crippen molar-refractivity contribution in [1.82, 2.24) is 20.1 Å². The van der Waals surface area contributed by atoms with Crippen molar-refractivity contribution in [3.8, 4) is 5.88 Å². The van der Waals surface area contributed by atoms with Crippen molar-refractivity contribution < 1.29 is 9.53 Å². The lowest BCUT2D eigenvalue weighted by Gasteiger charge is -2.15. The lowest BCUT2D eigenvalue weighted by atomic mass is 10.2. The van der Waals surface area contributed by atoms with E-state index in [4.69, 9.17) is 4.74 Å². The number of pyridine rings is 1. The highest BCUT2D eigenvalue weighted by molar-refractivity contribution is 5.79. The number of amides is 1. The SMILES string of the molecule is COc1ncccc1CNC(=O)[C@H](C)n1nc(C2CC2)ccc1=O. The Balaban J connectivity index is 1.71. The molecule has 2 heterocycles. The molecular weight excluding hydrogens is 308 g/mol. The van der Waals surface area contributed by atoms with E-state index in [1.54, 1.807) is 25.3 Å². The number of methoxy groups -OCH3 is 1. The molecule has 1 fully saturated rings. The normalized spacial score (nSPS) is 14.9. The zero-order valence-electron chi connectivity index (χ0n) is 13.7. The average molecular weight is 328 g/mol. The Morgan fingerprint density at radius 1 is 1.42 bits per heavy atom. The van der Waals surface area contributed by atoms with Crippen LogP contribution >= 0.6 is 0 Å². The van der Waals surface area contributed by atoms with Gasteiger partial charge in [-0.05, 0) is 31.9 Å². The molecule has 1 aliphatic rings. The Hall–Kier alpha value is -2.70. The Morgan fingerprint density at radius 2 is 2.21 bits per heavy atom. The third-order valence-electron chi connectivity index (χ3n) is 4.08. The van der Waals surface area contributed by atoms with E-state index in [1.807, 2.05) is 6.07 Å². The third-order valence-corrected chi connectivity index (χ3v) is 4.08. The van der Waals surface area contributed by atoms with Crippen LogP contribution in [0.2, 0.25) is 0 Å². The van der Waals surface area contributed by atoms with Crippen molar-refractivity contribution in [2.45, 2.75) is 38.3 Å². The number of carbonyl (C=O) groups is 1. The topological polar surface area (TPSA) is 86.1 Å². The molecule has 7 nitrogen and oxygen atoms in total. The van der Waals surface area contributed by atoms with Crippen LogP contribution in [0.3, 0.4) is 0 Å². The molecular formula is C17H20N4O3. The molecule has 24 heavy (non-hydrogen) atoms. The molecule has 2 aromatic rings. The number of hydrogen-bond acceptors (Lipinski definition) is 5. The summed E-state index contributed by atoms with van der Waals surface area (Å²) in [5.74, 6) is 0.617. The van der Waals surface area contributed by atoms with Crippen LogP contribution < -0.4 is 15.6 Å². The molecule has 1 aliphatic carbocycles. The van der Waals surface area contributed by atoms with Crippen LogP contribution in [0.1, 0.15) is 43.0 Å². The summed E-state index contributed by atoms with van der Waals surface area (Å²) in [5, 5.41) is 7.16. The quantitative estimate of drug-likeness (QED) is 0.866. The minimum atomic E-state index is -0.682. The molecule has 1 atom stereocenters. The summed E-state index contributed by atoms with van der Waals surface area (Å²) in [4.78, 5) is 28.5. The first-order chi connectivity index (χ1) is 11.6. The molecule has 0 aromatic carbocycles. The highest BCUT2D eigenvalue weighted by Gasteiger charge is 2.27. The number of hydrogen-bond donors (Lipinski definition) is 1. The van der Waals surface area contributed by atoms with Crippen LogP contribution in [-0.2, 0) is 11.3 Å². The maximum absolute atomic E-state index is 12.4. The third kappa shape index (κ3) is 3.45. The smallest absolute Gasteiger partial charge is 0.267 e. The molecule has 0 radical (unpaired) electrons. The molecule has 1 amide bonds. The fourth-order valence-electron chi connectivity index (χ4n) is 2.50. The average Bonchev–Trinajstić information content (AvgIpc) is 3.44. The van der Waals surface area contributed by atoms with Gasteiger partial charge in [0.1, 0.15) is 6.04 Å². The molecule has 0 bridgehead atoms. The molecule has 7 heteroatoms. The first-order valence-electron chi connectivity index (χ1n) is 7.95. The van der Waals surface area contributed by atoms with Gasteiger partial charge >= 0.3 is 0 Å². The highest BCUT2D eigenvalue weighted by atomic mass is 16.5. The molecule has 0 unspecified atom stereocenters. The van der Waals surface area contributed by atoms with E-state index >= 15 is 0 Å². The summed E-state index contributed by atoms with van der Waals surface area (Å²) in [6, 6.07) is 6.16. The second-order valence-electron chi connectivity index (χ2n) is 5.88. The van der Waals surface area contributed by atoms with Gasteiger partial charge in [-0.3, -0.25) is 9.59 Å². The van der Waals surface area contributed by atoms with Gasteiger partial charge in [-0.2, -0.15) is 5.10 Å². The van der Waals surface area contributed by atoms with E-state index in [9.17, 15) is 9.59 Å². The van der Waals surface area contributed by atoms with E-state index in [-0.39, 0.29) is 18.0 Å². The van der Waals surface area contributed by atoms with Gasteiger partial charge in [0, 0.05) is 30.3 Å². The maximum atomic E-state index is 12.4. The number of aromatic nitrogens is 3. The zero-order chi connectivity index (χ0) is 17.1. The molecule has 0 spiro atoms. The van der Waals surface area contributed by atoms with Crippen LogP contribution in [0.4, 0.5) is 0 Å². The number of nitrogens with zero attached hydrogens (tertiary/aromatic N) is 3. The second kappa shape index (κ2) is 6.82. The van der Waals surface area contributed by atoms with Crippen molar-refractivity contribution in [2.24, 2.45) is 0 Å². The summed E-state index contributed by atoms with van der Waals surface area (Å²) in [6.45, 7) is 1.94. The Bertz CT molecular complexity index is 798. The van der Waals surface area contributed by atoms with E-state index < -0.39 is 6.04 Å². The van der Waals surface area contributed by atoms with Gasteiger partial charge < -0.3 is 10.1 Å². The molecule has 0 aliphatic heterocycles. The monoisotopic (exact) mass is 328 g/mol. The Kier molecular flexibility index (Phi) is 4.59. The van der Waals surface area contributed by atoms with Crippen LogP contribution in [0.5, 0.6) is 5.88 Å². The molecule has 126 valence electrons. The summed E-state index contributed by atoms with van der Waals surface area (Å²) < 4.78 is 6.41. The summed E-state index contributed by atoms with van der Waals surface area (Å²) in [7, 11) is 1.53. The minimum Gasteiger partial charge on any atom is -0.481 e. The van der Waals surface area contributed by atoms with Crippen molar-refractivity contribution in [2.75, 3.05) is 7.11 Å². The summed E-state index contributed by atoms with van der Waals surface area (Å²) >= 11 is 0. The van der Waals surface area contributed by atoms with Gasteiger partial charge in [-0.1, -0.05) is 6.07 Å². The molecule has 1 saturated carbocycles. The first-order valence-corrected chi connectivity index (χ1v) is 7.95. The van der Waals surface area contributed by atoms with Crippen LogP contribution in [0.15, 0.2) is 35.3 Å². The first kappa shape index (κ1) is 16.2. The minimum absolute atomic E-state index is 0.275. The standard InChI is InChI=1S/C17H20N4O3/c1-11(21-15(22)8-7-14(20-21)12-5-6-12)16(23)19-10-13-4-3-9-18-17(13)24-2/h3-4,7-9,11-12H,5-6,10H2,1-2H3,(H,19,23)/t11-/m0/s1. The number of nitrogens with one attached hydrogen (secondary N) is 1. The number of carbonyl (C=O) groups excluding carboxylic acids is 1. The lowest BCUT2D eigenvalue weighted by molar-refractivity contribution is -0.124. The van der Waals surface area contributed by atoms with Crippen molar-refractivity contribution in [3.05, 3.63) is 52.1 Å². The van der Waals surface area contributed by atoms with Gasteiger partial charge in [-0.15, -0.1) is 0 Å². The number of ether oxygens (including phenoxy) is 1. The largest absolute Gasteiger partial charge is 0.481 e.